The summed E-state index contributed by atoms with van der Waals surface area (Å²) < 4.78 is 0. The number of halogens is 1. The zero-order valence-corrected chi connectivity index (χ0v) is 13.2. The number of anilines is 1. The minimum atomic E-state index is -0.305. The number of aromatic nitrogens is 1. The van der Waals surface area contributed by atoms with E-state index >= 15 is 0 Å². The van der Waals surface area contributed by atoms with Crippen LogP contribution in [0.1, 0.15) is 36.1 Å². The van der Waals surface area contributed by atoms with Gasteiger partial charge in [-0.3, -0.25) is 4.79 Å². The van der Waals surface area contributed by atoms with Gasteiger partial charge in [0.15, 0.2) is 5.78 Å². The standard InChI is InChI=1S/C17H16ClN3O/c1-3-12-16-14(9(2)8-13(19)20-16)21-15(17(12)22)10-4-6-11(18)7-5-10/h4-8,12H,3H2,1-2H3,(H2,19,20). The molecule has 1 aromatic heterocycles. The third kappa shape index (κ3) is 2.40. The van der Waals surface area contributed by atoms with Gasteiger partial charge in [0.1, 0.15) is 11.5 Å². The van der Waals surface area contributed by atoms with E-state index in [-0.39, 0.29) is 11.7 Å². The van der Waals surface area contributed by atoms with Crippen LogP contribution in [0, 0.1) is 6.92 Å². The molecule has 2 N–H and O–H groups in total. The van der Waals surface area contributed by atoms with E-state index in [0.717, 1.165) is 16.8 Å². The number of hydrogen-bond acceptors (Lipinski definition) is 4. The summed E-state index contributed by atoms with van der Waals surface area (Å²) in [6.07, 6.45) is 0.661. The molecule has 4 nitrogen and oxygen atoms in total. The van der Waals surface area contributed by atoms with E-state index in [1.165, 1.54) is 0 Å². The van der Waals surface area contributed by atoms with Gasteiger partial charge >= 0.3 is 0 Å². The van der Waals surface area contributed by atoms with Crippen molar-refractivity contribution in [1.29, 1.82) is 0 Å². The lowest BCUT2D eigenvalue weighted by atomic mass is 9.86. The fraction of sp³-hybridized carbons (Fsp3) is 0.235. The fourth-order valence-corrected chi connectivity index (χ4v) is 2.88. The van der Waals surface area contributed by atoms with Crippen molar-refractivity contribution in [3.8, 4) is 0 Å². The maximum Gasteiger partial charge on any atom is 0.190 e. The van der Waals surface area contributed by atoms with E-state index in [1.807, 2.05) is 26.0 Å². The summed E-state index contributed by atoms with van der Waals surface area (Å²) in [5.41, 5.74) is 9.43. The maximum atomic E-state index is 12.8. The summed E-state index contributed by atoms with van der Waals surface area (Å²) >= 11 is 5.92. The number of carbonyl (C=O) groups is 1. The van der Waals surface area contributed by atoms with Crippen molar-refractivity contribution in [2.75, 3.05) is 5.73 Å². The molecule has 3 rings (SSSR count). The smallest absolute Gasteiger partial charge is 0.190 e. The highest BCUT2D eigenvalue weighted by atomic mass is 35.5. The van der Waals surface area contributed by atoms with Crippen LogP contribution in [0.25, 0.3) is 0 Å². The molecule has 1 aromatic carbocycles. The Morgan fingerprint density at radius 2 is 1.95 bits per heavy atom. The van der Waals surface area contributed by atoms with Crippen molar-refractivity contribution < 1.29 is 4.79 Å². The van der Waals surface area contributed by atoms with Crippen molar-refractivity contribution >= 4 is 34.6 Å². The zero-order chi connectivity index (χ0) is 15.9. The molecule has 0 aliphatic carbocycles. The SMILES string of the molecule is CCC1C(=O)C(c2ccc(Cl)cc2)=Nc2c(C)cc(N)nc21. The molecular weight excluding hydrogens is 298 g/mol. The molecule has 0 saturated carbocycles. The summed E-state index contributed by atoms with van der Waals surface area (Å²) in [6.45, 7) is 3.90. The molecule has 0 bridgehead atoms. The van der Waals surface area contributed by atoms with Crippen molar-refractivity contribution in [3.05, 3.63) is 52.2 Å². The third-order valence-corrected chi connectivity index (χ3v) is 4.11. The summed E-state index contributed by atoms with van der Waals surface area (Å²) in [7, 11) is 0. The van der Waals surface area contributed by atoms with E-state index in [9.17, 15) is 4.79 Å². The second kappa shape index (κ2) is 5.54. The third-order valence-electron chi connectivity index (χ3n) is 3.86. The molecule has 1 aliphatic rings. The Kier molecular flexibility index (Phi) is 3.71. The Hall–Kier alpha value is -2.20. The van der Waals surface area contributed by atoms with E-state index in [1.54, 1.807) is 18.2 Å². The summed E-state index contributed by atoms with van der Waals surface area (Å²) in [6, 6.07) is 8.94. The van der Waals surface area contributed by atoms with Gasteiger partial charge in [0.2, 0.25) is 0 Å². The fourth-order valence-electron chi connectivity index (χ4n) is 2.75. The van der Waals surface area contributed by atoms with Crippen molar-refractivity contribution in [2.24, 2.45) is 4.99 Å². The highest BCUT2D eigenvalue weighted by molar-refractivity contribution is 6.49. The summed E-state index contributed by atoms with van der Waals surface area (Å²) in [5.74, 6) is 0.0999. The maximum absolute atomic E-state index is 12.8. The number of aliphatic imine (C=N–C) groups is 1. The Bertz CT molecular complexity index is 781. The molecule has 1 aliphatic heterocycles. The largest absolute Gasteiger partial charge is 0.384 e. The number of pyridine rings is 1. The normalized spacial score (nSPS) is 17.1. The van der Waals surface area contributed by atoms with Crippen molar-refractivity contribution in [2.45, 2.75) is 26.2 Å². The summed E-state index contributed by atoms with van der Waals surface area (Å²) in [5, 5.41) is 0.630. The lowest BCUT2D eigenvalue weighted by Crippen LogP contribution is -2.27. The van der Waals surface area contributed by atoms with Crippen LogP contribution in [0.2, 0.25) is 5.02 Å². The first-order valence-corrected chi connectivity index (χ1v) is 7.55. The zero-order valence-electron chi connectivity index (χ0n) is 12.4. The second-order valence-electron chi connectivity index (χ2n) is 5.39. The van der Waals surface area contributed by atoms with E-state index in [4.69, 9.17) is 17.3 Å². The van der Waals surface area contributed by atoms with Crippen LogP contribution in [0.4, 0.5) is 11.5 Å². The van der Waals surface area contributed by atoms with Crippen LogP contribution in [0.15, 0.2) is 35.3 Å². The molecule has 0 spiro atoms. The Morgan fingerprint density at radius 3 is 2.59 bits per heavy atom. The Morgan fingerprint density at radius 1 is 1.27 bits per heavy atom. The average molecular weight is 314 g/mol. The van der Waals surface area contributed by atoms with Gasteiger partial charge in [-0.15, -0.1) is 0 Å². The van der Waals surface area contributed by atoms with Gasteiger partial charge in [-0.25, -0.2) is 9.98 Å². The van der Waals surface area contributed by atoms with E-state index < -0.39 is 0 Å². The second-order valence-corrected chi connectivity index (χ2v) is 5.83. The lowest BCUT2D eigenvalue weighted by molar-refractivity contribution is -0.114. The number of fused-ring (bicyclic) bond motifs is 1. The predicted molar refractivity (Wildman–Crippen MR) is 89.1 cm³/mol. The monoisotopic (exact) mass is 313 g/mol. The molecule has 112 valence electrons. The molecule has 0 amide bonds. The van der Waals surface area contributed by atoms with Gasteiger partial charge in [-0.1, -0.05) is 30.7 Å². The number of carbonyl (C=O) groups excluding carboxylic acids is 1. The highest BCUT2D eigenvalue weighted by Gasteiger charge is 2.33. The van der Waals surface area contributed by atoms with Crippen LogP contribution in [-0.2, 0) is 4.79 Å². The minimum absolute atomic E-state index is 0.0187. The van der Waals surface area contributed by atoms with Crippen molar-refractivity contribution in [3.63, 3.8) is 0 Å². The number of rotatable bonds is 2. The number of nitrogen functional groups attached to an aromatic ring is 1. The number of Topliss-reactive ketones (excluding diaryl/α,β-unsaturated/α-hetero) is 1. The first kappa shape index (κ1) is 14.7. The highest BCUT2D eigenvalue weighted by Crippen LogP contribution is 2.37. The number of aryl methyl sites for hydroxylation is 1. The number of hydrogen-bond donors (Lipinski definition) is 1. The number of nitrogens with two attached hydrogens (primary N) is 1. The first-order chi connectivity index (χ1) is 10.5. The molecular formula is C17H16ClN3O. The van der Waals surface area contributed by atoms with Gasteiger partial charge in [0.05, 0.1) is 17.3 Å². The molecule has 22 heavy (non-hydrogen) atoms. The molecule has 2 heterocycles. The first-order valence-electron chi connectivity index (χ1n) is 7.17. The van der Waals surface area contributed by atoms with Crippen LogP contribution >= 0.6 is 11.6 Å². The topological polar surface area (TPSA) is 68.3 Å². The van der Waals surface area contributed by atoms with Gasteiger partial charge in [0, 0.05) is 10.6 Å². The molecule has 0 fully saturated rings. The van der Waals surface area contributed by atoms with Gasteiger partial charge < -0.3 is 5.73 Å². The predicted octanol–water partition coefficient (Wildman–Crippen LogP) is 3.82. The Balaban J connectivity index is 2.21. The van der Waals surface area contributed by atoms with Gasteiger partial charge in [-0.05, 0) is 37.1 Å². The molecule has 0 saturated heterocycles. The Labute approximate surface area is 134 Å². The summed E-state index contributed by atoms with van der Waals surface area (Å²) in [4.78, 5) is 21.7. The van der Waals surface area contributed by atoms with Crippen molar-refractivity contribution in [1.82, 2.24) is 4.98 Å². The average Bonchev–Trinajstić information content (AvgIpc) is 2.48. The molecule has 1 unspecified atom stereocenters. The van der Waals surface area contributed by atoms with Crippen LogP contribution < -0.4 is 5.73 Å². The quantitative estimate of drug-likeness (QED) is 0.916. The lowest BCUT2D eigenvalue weighted by Gasteiger charge is -2.23. The van der Waals surface area contributed by atoms with E-state index in [0.29, 0.717) is 28.7 Å². The molecule has 5 heteroatoms. The number of nitrogens with zero attached hydrogens (tertiary/aromatic N) is 2. The molecule has 2 aromatic rings. The van der Waals surface area contributed by atoms with E-state index in [2.05, 4.69) is 9.98 Å². The molecule has 1 atom stereocenters. The van der Waals surface area contributed by atoms with Crippen LogP contribution in [0.5, 0.6) is 0 Å². The van der Waals surface area contributed by atoms with Gasteiger partial charge in [0.25, 0.3) is 0 Å². The minimum Gasteiger partial charge on any atom is -0.384 e. The number of ketones is 1. The van der Waals surface area contributed by atoms with Crippen LogP contribution in [-0.4, -0.2) is 16.5 Å². The number of benzene rings is 1. The van der Waals surface area contributed by atoms with Crippen LogP contribution in [0.3, 0.4) is 0 Å². The van der Waals surface area contributed by atoms with Gasteiger partial charge in [-0.2, -0.15) is 0 Å². The molecule has 0 radical (unpaired) electrons.